The van der Waals surface area contributed by atoms with E-state index in [9.17, 15) is 8.42 Å². The molecule has 1 aromatic heterocycles. The normalized spacial score (nSPS) is 11.0. The van der Waals surface area contributed by atoms with Crippen molar-refractivity contribution in [3.8, 4) is 6.07 Å². The minimum Gasteiger partial charge on any atom is -0.367 e. The Kier molecular flexibility index (Phi) is 4.62. The van der Waals surface area contributed by atoms with Crippen molar-refractivity contribution < 1.29 is 8.42 Å². The van der Waals surface area contributed by atoms with Gasteiger partial charge in [0.05, 0.1) is 11.4 Å². The van der Waals surface area contributed by atoms with Crippen LogP contribution in [0.25, 0.3) is 0 Å². The summed E-state index contributed by atoms with van der Waals surface area (Å²) in [6, 6.07) is 2.08. The van der Waals surface area contributed by atoms with Crippen molar-refractivity contribution in [3.05, 3.63) is 16.8 Å². The van der Waals surface area contributed by atoms with Crippen molar-refractivity contribution in [1.82, 2.24) is 10.2 Å². The molecule has 0 fully saturated rings. The molecule has 0 saturated heterocycles. The van der Waals surface area contributed by atoms with E-state index in [0.717, 1.165) is 5.56 Å². The quantitative estimate of drug-likeness (QED) is 0.794. The number of hydrogen-bond donors (Lipinski definition) is 1. The summed E-state index contributed by atoms with van der Waals surface area (Å²) >= 11 is 0. The van der Waals surface area contributed by atoms with Gasteiger partial charge in [-0.25, -0.2) is 8.42 Å². The Balaban J connectivity index is 2.69. The van der Waals surface area contributed by atoms with Gasteiger partial charge in [-0.3, -0.25) is 0 Å². The fourth-order valence-electron chi connectivity index (χ4n) is 1.41. The summed E-state index contributed by atoms with van der Waals surface area (Å²) < 4.78 is 21.9. The number of nitrogens with one attached hydrogen (secondary N) is 1. The molecule has 0 atom stereocenters. The average Bonchev–Trinajstić information content (AvgIpc) is 2.28. The number of aryl methyl sites for hydroxylation is 1. The standard InChI is InChI=1S/C11H16N4O2S/c1-8-9(2)14-15-11(10(8)7-12)13-5-4-6-18(3,16)17/h4-6H2,1-3H3,(H,13,15). The summed E-state index contributed by atoms with van der Waals surface area (Å²) in [6.45, 7) is 4.04. The van der Waals surface area contributed by atoms with Crippen LogP contribution in [-0.4, -0.2) is 37.2 Å². The summed E-state index contributed by atoms with van der Waals surface area (Å²) in [5.41, 5.74) is 1.97. The maximum absolute atomic E-state index is 11.0. The highest BCUT2D eigenvalue weighted by Crippen LogP contribution is 2.16. The van der Waals surface area contributed by atoms with Crippen molar-refractivity contribution in [1.29, 1.82) is 5.26 Å². The minimum absolute atomic E-state index is 0.111. The first-order valence-electron chi connectivity index (χ1n) is 5.50. The third-order valence-electron chi connectivity index (χ3n) is 2.55. The van der Waals surface area contributed by atoms with Crippen LogP contribution in [0, 0.1) is 25.2 Å². The highest BCUT2D eigenvalue weighted by molar-refractivity contribution is 7.90. The summed E-state index contributed by atoms with van der Waals surface area (Å²) in [4.78, 5) is 0. The Labute approximate surface area is 107 Å². The van der Waals surface area contributed by atoms with Gasteiger partial charge in [0, 0.05) is 12.8 Å². The molecule has 1 aromatic rings. The molecule has 0 spiro atoms. The first-order chi connectivity index (χ1) is 8.35. The van der Waals surface area contributed by atoms with Crippen LogP contribution in [0.4, 0.5) is 5.82 Å². The summed E-state index contributed by atoms with van der Waals surface area (Å²) in [5, 5.41) is 19.8. The highest BCUT2D eigenvalue weighted by Gasteiger charge is 2.10. The van der Waals surface area contributed by atoms with E-state index in [4.69, 9.17) is 5.26 Å². The molecule has 7 heteroatoms. The van der Waals surface area contributed by atoms with E-state index in [1.165, 1.54) is 6.26 Å². The Bertz CT molecular complexity index is 575. The zero-order valence-electron chi connectivity index (χ0n) is 10.7. The zero-order chi connectivity index (χ0) is 13.8. The molecule has 0 aromatic carbocycles. The number of nitrogens with zero attached hydrogens (tertiary/aromatic N) is 3. The maximum Gasteiger partial charge on any atom is 0.166 e. The van der Waals surface area contributed by atoms with Gasteiger partial charge in [0.25, 0.3) is 0 Å². The van der Waals surface area contributed by atoms with Gasteiger partial charge >= 0.3 is 0 Å². The summed E-state index contributed by atoms with van der Waals surface area (Å²) in [5.74, 6) is 0.522. The third kappa shape index (κ3) is 3.96. The molecular formula is C11H16N4O2S. The number of rotatable bonds is 5. The lowest BCUT2D eigenvalue weighted by atomic mass is 10.1. The van der Waals surface area contributed by atoms with Crippen LogP contribution in [0.15, 0.2) is 0 Å². The second-order valence-electron chi connectivity index (χ2n) is 4.16. The Morgan fingerprint density at radius 3 is 2.56 bits per heavy atom. The van der Waals surface area contributed by atoms with E-state index in [2.05, 4.69) is 21.6 Å². The molecule has 0 unspecified atom stereocenters. The van der Waals surface area contributed by atoms with Crippen LogP contribution in [0.2, 0.25) is 0 Å². The SMILES string of the molecule is Cc1nnc(NCCCS(C)(=O)=O)c(C#N)c1C. The second kappa shape index (κ2) is 5.78. The van der Waals surface area contributed by atoms with Crippen molar-refractivity contribution >= 4 is 15.7 Å². The first-order valence-corrected chi connectivity index (χ1v) is 7.57. The average molecular weight is 268 g/mol. The fourth-order valence-corrected chi connectivity index (χ4v) is 2.08. The molecule has 6 nitrogen and oxygen atoms in total. The lowest BCUT2D eigenvalue weighted by Crippen LogP contribution is -2.12. The van der Waals surface area contributed by atoms with E-state index in [1.54, 1.807) is 6.92 Å². The number of sulfone groups is 1. The number of hydrogen-bond acceptors (Lipinski definition) is 6. The molecule has 0 aliphatic carbocycles. The van der Waals surface area contributed by atoms with Gasteiger partial charge in [-0.05, 0) is 25.8 Å². The Hall–Kier alpha value is -1.68. The first kappa shape index (κ1) is 14.4. The smallest absolute Gasteiger partial charge is 0.166 e. The molecular weight excluding hydrogens is 252 g/mol. The molecule has 98 valence electrons. The topological polar surface area (TPSA) is 95.7 Å². The lowest BCUT2D eigenvalue weighted by molar-refractivity contribution is 0.600. The number of nitriles is 1. The van der Waals surface area contributed by atoms with Crippen LogP contribution in [0.3, 0.4) is 0 Å². The maximum atomic E-state index is 11.0. The molecule has 0 aliphatic heterocycles. The molecule has 0 radical (unpaired) electrons. The number of anilines is 1. The highest BCUT2D eigenvalue weighted by atomic mass is 32.2. The third-order valence-corrected chi connectivity index (χ3v) is 3.58. The van der Waals surface area contributed by atoms with Gasteiger partial charge in [0.15, 0.2) is 5.82 Å². The minimum atomic E-state index is -2.95. The van der Waals surface area contributed by atoms with E-state index in [0.29, 0.717) is 30.0 Å². The molecule has 1 N–H and O–H groups in total. The molecule has 0 aliphatic rings. The molecule has 1 rings (SSSR count). The van der Waals surface area contributed by atoms with Gasteiger partial charge in [0.2, 0.25) is 0 Å². The van der Waals surface area contributed by atoms with Crippen molar-refractivity contribution in [2.24, 2.45) is 0 Å². The Morgan fingerprint density at radius 2 is 2.00 bits per heavy atom. The zero-order valence-corrected chi connectivity index (χ0v) is 11.5. The summed E-state index contributed by atoms with van der Waals surface area (Å²) in [6.07, 6.45) is 1.67. The van der Waals surface area contributed by atoms with Crippen LogP contribution in [-0.2, 0) is 9.84 Å². The Morgan fingerprint density at radius 1 is 1.33 bits per heavy atom. The van der Waals surface area contributed by atoms with E-state index >= 15 is 0 Å². The van der Waals surface area contributed by atoms with Crippen LogP contribution < -0.4 is 5.32 Å². The van der Waals surface area contributed by atoms with Crippen molar-refractivity contribution in [2.75, 3.05) is 23.9 Å². The van der Waals surface area contributed by atoms with Crippen molar-refractivity contribution in [2.45, 2.75) is 20.3 Å². The van der Waals surface area contributed by atoms with E-state index < -0.39 is 9.84 Å². The van der Waals surface area contributed by atoms with Gasteiger partial charge in [-0.2, -0.15) is 10.4 Å². The van der Waals surface area contributed by atoms with Crippen LogP contribution in [0.5, 0.6) is 0 Å². The van der Waals surface area contributed by atoms with Gasteiger partial charge in [0.1, 0.15) is 21.5 Å². The largest absolute Gasteiger partial charge is 0.367 e. The van der Waals surface area contributed by atoms with Gasteiger partial charge in [-0.15, -0.1) is 5.10 Å². The van der Waals surface area contributed by atoms with Crippen LogP contribution in [0.1, 0.15) is 23.2 Å². The molecule has 18 heavy (non-hydrogen) atoms. The summed E-state index contributed by atoms with van der Waals surface area (Å²) in [7, 11) is -2.95. The van der Waals surface area contributed by atoms with Gasteiger partial charge in [-0.1, -0.05) is 0 Å². The van der Waals surface area contributed by atoms with E-state index in [-0.39, 0.29) is 5.75 Å². The predicted octanol–water partition coefficient (Wildman–Crippen LogP) is 0.812. The predicted molar refractivity (Wildman–Crippen MR) is 69.0 cm³/mol. The molecule has 0 saturated carbocycles. The van der Waals surface area contributed by atoms with Crippen LogP contribution >= 0.6 is 0 Å². The van der Waals surface area contributed by atoms with Gasteiger partial charge < -0.3 is 5.32 Å². The number of aromatic nitrogens is 2. The monoisotopic (exact) mass is 268 g/mol. The van der Waals surface area contributed by atoms with Crippen molar-refractivity contribution in [3.63, 3.8) is 0 Å². The molecule has 1 heterocycles. The second-order valence-corrected chi connectivity index (χ2v) is 6.42. The molecule has 0 amide bonds. The lowest BCUT2D eigenvalue weighted by Gasteiger charge is -2.08. The van der Waals surface area contributed by atoms with E-state index in [1.807, 2.05) is 6.92 Å². The fraction of sp³-hybridized carbons (Fsp3) is 0.545. The molecule has 0 bridgehead atoms.